The van der Waals surface area contributed by atoms with Crippen LogP contribution in [0.1, 0.15) is 28.6 Å². The molecule has 0 fully saturated rings. The summed E-state index contributed by atoms with van der Waals surface area (Å²) < 4.78 is 1.85. The van der Waals surface area contributed by atoms with Gasteiger partial charge >= 0.3 is 0 Å². The van der Waals surface area contributed by atoms with E-state index in [0.29, 0.717) is 28.6 Å². The zero-order valence-corrected chi connectivity index (χ0v) is 13.0. The van der Waals surface area contributed by atoms with Crippen LogP contribution in [0.4, 0.5) is 0 Å². The molecule has 112 valence electrons. The Bertz CT molecular complexity index is 640. The molecule has 2 N–H and O–H groups in total. The molecule has 2 rings (SSSR count). The Labute approximate surface area is 133 Å². The highest BCUT2D eigenvalue weighted by atomic mass is 35.5. The first-order valence-corrected chi connectivity index (χ1v) is 7.27. The second-order valence-corrected chi connectivity index (χ2v) is 5.55. The Hall–Kier alpha value is -1.49. The van der Waals surface area contributed by atoms with Crippen LogP contribution in [0.25, 0.3) is 0 Å². The van der Waals surface area contributed by atoms with Gasteiger partial charge in [-0.05, 0) is 36.8 Å². The van der Waals surface area contributed by atoms with Crippen molar-refractivity contribution in [1.82, 2.24) is 9.88 Å². The van der Waals surface area contributed by atoms with E-state index >= 15 is 0 Å². The first-order chi connectivity index (χ1) is 9.99. The van der Waals surface area contributed by atoms with Gasteiger partial charge in [0.25, 0.3) is 5.91 Å². The van der Waals surface area contributed by atoms with Crippen LogP contribution in [0, 0.1) is 0 Å². The van der Waals surface area contributed by atoms with E-state index in [0.717, 1.165) is 5.69 Å². The zero-order chi connectivity index (χ0) is 15.4. The molecule has 0 aliphatic carbocycles. The molecule has 0 saturated carbocycles. The Morgan fingerprint density at radius 2 is 2.10 bits per heavy atom. The summed E-state index contributed by atoms with van der Waals surface area (Å²) in [5, 5.41) is 13.5. The molecule has 1 atom stereocenters. The quantitative estimate of drug-likeness (QED) is 0.886. The lowest BCUT2D eigenvalue weighted by Gasteiger charge is -2.12. The van der Waals surface area contributed by atoms with Crippen molar-refractivity contribution >= 4 is 29.1 Å². The van der Waals surface area contributed by atoms with Gasteiger partial charge in [0, 0.05) is 31.0 Å². The number of benzene rings is 1. The van der Waals surface area contributed by atoms with Crippen LogP contribution in [0.2, 0.25) is 10.0 Å². The summed E-state index contributed by atoms with van der Waals surface area (Å²) in [4.78, 5) is 11.9. The molecule has 2 aromatic rings. The topological polar surface area (TPSA) is 54.3 Å². The van der Waals surface area contributed by atoms with Gasteiger partial charge < -0.3 is 15.0 Å². The highest BCUT2D eigenvalue weighted by Crippen LogP contribution is 2.22. The van der Waals surface area contributed by atoms with Gasteiger partial charge in [0.1, 0.15) is 0 Å². The molecular weight excluding hydrogens is 311 g/mol. The Morgan fingerprint density at radius 1 is 1.33 bits per heavy atom. The van der Waals surface area contributed by atoms with Crippen molar-refractivity contribution < 1.29 is 9.90 Å². The zero-order valence-electron chi connectivity index (χ0n) is 11.5. The van der Waals surface area contributed by atoms with E-state index in [-0.39, 0.29) is 5.91 Å². The van der Waals surface area contributed by atoms with Gasteiger partial charge in [-0.3, -0.25) is 4.79 Å². The molecule has 21 heavy (non-hydrogen) atoms. The summed E-state index contributed by atoms with van der Waals surface area (Å²) >= 11 is 11.7. The molecule has 1 unspecified atom stereocenters. The maximum Gasteiger partial charge on any atom is 0.251 e. The summed E-state index contributed by atoms with van der Waals surface area (Å²) in [7, 11) is 1.87. The van der Waals surface area contributed by atoms with E-state index in [1.165, 1.54) is 6.07 Å². The third-order valence-corrected chi connectivity index (χ3v) is 3.95. The molecule has 1 aromatic carbocycles. The largest absolute Gasteiger partial charge is 0.387 e. The van der Waals surface area contributed by atoms with Crippen molar-refractivity contribution in [3.05, 3.63) is 57.8 Å². The lowest BCUT2D eigenvalue weighted by molar-refractivity contribution is 0.0941. The van der Waals surface area contributed by atoms with Crippen LogP contribution in [-0.2, 0) is 7.05 Å². The van der Waals surface area contributed by atoms with E-state index in [9.17, 15) is 9.90 Å². The van der Waals surface area contributed by atoms with Crippen LogP contribution in [0.15, 0.2) is 36.5 Å². The fourth-order valence-electron chi connectivity index (χ4n) is 2.03. The van der Waals surface area contributed by atoms with Crippen LogP contribution in [-0.4, -0.2) is 22.1 Å². The fourth-order valence-corrected chi connectivity index (χ4v) is 2.33. The maximum absolute atomic E-state index is 11.9. The number of carbonyl (C=O) groups is 1. The number of nitrogens with zero attached hydrogens (tertiary/aromatic N) is 1. The predicted octanol–water partition coefficient (Wildman–Crippen LogP) is 3.19. The number of aryl methyl sites for hydroxylation is 1. The van der Waals surface area contributed by atoms with Gasteiger partial charge in [0.2, 0.25) is 0 Å². The van der Waals surface area contributed by atoms with Gasteiger partial charge in [-0.15, -0.1) is 0 Å². The average Bonchev–Trinajstić information content (AvgIpc) is 2.88. The second-order valence-electron chi connectivity index (χ2n) is 4.73. The molecule has 6 heteroatoms. The van der Waals surface area contributed by atoms with Crippen molar-refractivity contribution in [3.63, 3.8) is 0 Å². The third kappa shape index (κ3) is 4.00. The highest BCUT2D eigenvalue weighted by molar-refractivity contribution is 6.42. The molecule has 0 aliphatic heterocycles. The molecule has 0 spiro atoms. The number of aromatic nitrogens is 1. The molecule has 0 saturated heterocycles. The number of aliphatic hydroxyl groups is 1. The number of hydrogen-bond donors (Lipinski definition) is 2. The monoisotopic (exact) mass is 326 g/mol. The van der Waals surface area contributed by atoms with Crippen LogP contribution in [0.5, 0.6) is 0 Å². The lowest BCUT2D eigenvalue weighted by atomic mass is 10.1. The summed E-state index contributed by atoms with van der Waals surface area (Å²) in [5.41, 5.74) is 1.26. The van der Waals surface area contributed by atoms with E-state index in [4.69, 9.17) is 23.2 Å². The third-order valence-electron chi connectivity index (χ3n) is 3.21. The van der Waals surface area contributed by atoms with Crippen molar-refractivity contribution in [3.8, 4) is 0 Å². The molecular formula is C15H16Cl2N2O2. The first-order valence-electron chi connectivity index (χ1n) is 6.51. The van der Waals surface area contributed by atoms with Crippen molar-refractivity contribution in [2.24, 2.45) is 7.05 Å². The van der Waals surface area contributed by atoms with Crippen molar-refractivity contribution in [2.75, 3.05) is 6.54 Å². The van der Waals surface area contributed by atoms with Crippen LogP contribution in [0.3, 0.4) is 0 Å². The SMILES string of the molecule is Cn1cccc1C(O)CCNC(=O)c1ccc(Cl)c(Cl)c1. The lowest BCUT2D eigenvalue weighted by Crippen LogP contribution is -2.25. The molecule has 1 amide bonds. The van der Waals surface area contributed by atoms with Gasteiger partial charge in [-0.25, -0.2) is 0 Å². The number of hydrogen-bond acceptors (Lipinski definition) is 2. The molecule has 1 heterocycles. The summed E-state index contributed by atoms with van der Waals surface area (Å²) in [6.07, 6.45) is 1.69. The fraction of sp³-hybridized carbons (Fsp3) is 0.267. The predicted molar refractivity (Wildman–Crippen MR) is 83.8 cm³/mol. The Kier molecular flexibility index (Phi) is 5.28. The number of carbonyl (C=O) groups excluding carboxylic acids is 1. The standard InChI is InChI=1S/C15H16Cl2N2O2/c1-19-8-2-3-13(19)14(20)6-7-18-15(21)10-4-5-11(16)12(17)9-10/h2-5,8-9,14,20H,6-7H2,1H3,(H,18,21). The summed E-state index contributed by atoms with van der Waals surface area (Å²) in [6, 6.07) is 8.43. The Morgan fingerprint density at radius 3 is 2.71 bits per heavy atom. The number of aliphatic hydroxyl groups excluding tert-OH is 1. The second kappa shape index (κ2) is 6.98. The van der Waals surface area contributed by atoms with Crippen molar-refractivity contribution in [2.45, 2.75) is 12.5 Å². The van der Waals surface area contributed by atoms with Crippen LogP contribution < -0.4 is 5.32 Å². The van der Waals surface area contributed by atoms with Gasteiger partial charge in [0.05, 0.1) is 16.1 Å². The number of halogens is 2. The van der Waals surface area contributed by atoms with E-state index < -0.39 is 6.10 Å². The highest BCUT2D eigenvalue weighted by Gasteiger charge is 2.12. The van der Waals surface area contributed by atoms with Crippen molar-refractivity contribution in [1.29, 1.82) is 0 Å². The minimum atomic E-state index is -0.612. The average molecular weight is 327 g/mol. The summed E-state index contributed by atoms with van der Waals surface area (Å²) in [5.74, 6) is -0.243. The molecule has 1 aromatic heterocycles. The van der Waals surface area contributed by atoms with Gasteiger partial charge in [0.15, 0.2) is 0 Å². The minimum Gasteiger partial charge on any atom is -0.387 e. The number of nitrogens with one attached hydrogen (secondary N) is 1. The van der Waals surface area contributed by atoms with Gasteiger partial charge in [-0.2, -0.15) is 0 Å². The normalized spacial score (nSPS) is 12.2. The van der Waals surface area contributed by atoms with E-state index in [1.807, 2.05) is 29.9 Å². The van der Waals surface area contributed by atoms with E-state index in [2.05, 4.69) is 5.32 Å². The molecule has 0 aliphatic rings. The maximum atomic E-state index is 11.9. The minimum absolute atomic E-state index is 0.243. The Balaban J connectivity index is 1.87. The molecule has 0 radical (unpaired) electrons. The van der Waals surface area contributed by atoms with Crippen LogP contribution >= 0.6 is 23.2 Å². The molecule has 4 nitrogen and oxygen atoms in total. The smallest absolute Gasteiger partial charge is 0.251 e. The molecule has 0 bridgehead atoms. The number of rotatable bonds is 5. The van der Waals surface area contributed by atoms with E-state index in [1.54, 1.807) is 12.1 Å². The summed E-state index contributed by atoms with van der Waals surface area (Å²) in [6.45, 7) is 0.366. The first kappa shape index (κ1) is 15.9. The number of amides is 1. The van der Waals surface area contributed by atoms with Gasteiger partial charge in [-0.1, -0.05) is 23.2 Å².